The van der Waals surface area contributed by atoms with Crippen molar-refractivity contribution in [3.63, 3.8) is 0 Å². The summed E-state index contributed by atoms with van der Waals surface area (Å²) in [5, 5.41) is 26.2. The van der Waals surface area contributed by atoms with Crippen LogP contribution in [0.15, 0.2) is 29.3 Å². The minimum Gasteiger partial charge on any atom is -0.545 e. The van der Waals surface area contributed by atoms with Gasteiger partial charge in [0.2, 0.25) is 0 Å². The zero-order valence-electron chi connectivity index (χ0n) is 8.49. The van der Waals surface area contributed by atoms with Gasteiger partial charge in [-0.3, -0.25) is 0 Å². The summed E-state index contributed by atoms with van der Waals surface area (Å²) in [6.45, 7) is 0. The maximum Gasteiger partial charge on any atom is 0.290 e. The van der Waals surface area contributed by atoms with Gasteiger partial charge in [-0.05, 0) is 11.3 Å². The summed E-state index contributed by atoms with van der Waals surface area (Å²) in [6, 6.07) is 6.32. The van der Waals surface area contributed by atoms with Gasteiger partial charge in [-0.1, -0.05) is 23.3 Å². The van der Waals surface area contributed by atoms with Crippen molar-refractivity contribution in [2.45, 2.75) is 0 Å². The molecule has 86 valence electrons. The summed E-state index contributed by atoms with van der Waals surface area (Å²) in [5.41, 5.74) is 0.423. The molecule has 0 fully saturated rings. The zero-order chi connectivity index (χ0) is 12.1. The second-order valence-corrected chi connectivity index (χ2v) is 2.95. The number of aromatic carboxylic acids is 1. The van der Waals surface area contributed by atoms with Crippen LogP contribution in [0.1, 0.15) is 10.4 Å². The number of hydrogen-bond acceptors (Lipinski definition) is 6. The number of benzene rings is 1. The van der Waals surface area contributed by atoms with E-state index in [0.717, 1.165) is 0 Å². The molecule has 0 spiro atoms. The fourth-order valence-electron chi connectivity index (χ4n) is 1.16. The molecule has 0 aliphatic rings. The van der Waals surface area contributed by atoms with Crippen LogP contribution in [0.4, 0.5) is 11.6 Å². The van der Waals surface area contributed by atoms with Crippen molar-refractivity contribution in [1.82, 2.24) is 20.6 Å². The molecule has 1 aromatic heterocycles. The van der Waals surface area contributed by atoms with E-state index in [1.54, 1.807) is 18.2 Å². The summed E-state index contributed by atoms with van der Waals surface area (Å²) in [5.74, 6) is -1.12. The van der Waals surface area contributed by atoms with E-state index in [-0.39, 0.29) is 11.5 Å². The number of para-hydroxylation sites is 1. The first kappa shape index (κ1) is 10.7. The molecule has 0 aliphatic carbocycles. The van der Waals surface area contributed by atoms with Crippen molar-refractivity contribution in [1.29, 1.82) is 0 Å². The number of carbonyl (C=O) groups is 1. The molecular formula is C9H7N6O2-. The molecule has 0 saturated heterocycles. The highest BCUT2D eigenvalue weighted by Crippen LogP contribution is 2.12. The first-order chi connectivity index (χ1) is 8.27. The predicted molar refractivity (Wildman–Crippen MR) is 56.7 cm³/mol. The number of aromatic nitrogens is 4. The molecule has 17 heavy (non-hydrogen) atoms. The molecular weight excluding hydrogens is 224 g/mol. The highest BCUT2D eigenvalue weighted by atomic mass is 16.4. The second kappa shape index (κ2) is 4.84. The maximum atomic E-state index is 10.8. The smallest absolute Gasteiger partial charge is 0.290 e. The predicted octanol–water partition coefficient (Wildman–Crippen LogP) is -0.665. The first-order valence-corrected chi connectivity index (χ1v) is 4.60. The Labute approximate surface area is 95.4 Å². The quantitative estimate of drug-likeness (QED) is 0.532. The Balaban J connectivity index is 2.11. The average molecular weight is 231 g/mol. The number of aromatic amines is 1. The molecule has 2 rings (SSSR count). The zero-order valence-corrected chi connectivity index (χ0v) is 8.49. The van der Waals surface area contributed by atoms with E-state index in [1.807, 2.05) is 0 Å². The van der Waals surface area contributed by atoms with Crippen molar-refractivity contribution in [3.05, 3.63) is 29.8 Å². The molecule has 0 atom stereocenters. The van der Waals surface area contributed by atoms with Gasteiger partial charge in [0.1, 0.15) is 0 Å². The molecule has 0 amide bonds. The van der Waals surface area contributed by atoms with Gasteiger partial charge in [-0.15, -0.1) is 5.10 Å². The monoisotopic (exact) mass is 231 g/mol. The van der Waals surface area contributed by atoms with E-state index < -0.39 is 5.97 Å². The molecule has 1 aromatic carbocycles. The minimum absolute atomic E-state index is 0.0482. The lowest BCUT2D eigenvalue weighted by Gasteiger charge is -2.08. The number of rotatable bonds is 4. The molecule has 2 N–H and O–H groups in total. The van der Waals surface area contributed by atoms with Crippen LogP contribution in [0.5, 0.6) is 0 Å². The number of nitrogens with zero attached hydrogens (tertiary/aromatic N) is 4. The number of aliphatic imine (C=N–C) groups is 1. The molecule has 0 aliphatic heterocycles. The van der Waals surface area contributed by atoms with Crippen molar-refractivity contribution >= 4 is 23.9 Å². The van der Waals surface area contributed by atoms with Crippen molar-refractivity contribution in [3.8, 4) is 0 Å². The number of hydrogen-bond donors (Lipinski definition) is 2. The minimum atomic E-state index is -1.26. The van der Waals surface area contributed by atoms with E-state index in [2.05, 4.69) is 30.9 Å². The molecule has 0 saturated carbocycles. The number of H-pyrrole nitrogens is 1. The number of anilines is 1. The Morgan fingerprint density at radius 1 is 1.47 bits per heavy atom. The molecule has 0 bridgehead atoms. The third-order valence-corrected chi connectivity index (χ3v) is 1.88. The lowest BCUT2D eigenvalue weighted by atomic mass is 10.2. The van der Waals surface area contributed by atoms with Crippen LogP contribution in [0.25, 0.3) is 0 Å². The fraction of sp³-hybridized carbons (Fsp3) is 0. The largest absolute Gasteiger partial charge is 0.545 e. The third-order valence-electron chi connectivity index (χ3n) is 1.88. The van der Waals surface area contributed by atoms with Crippen molar-refractivity contribution < 1.29 is 9.90 Å². The molecule has 0 unspecified atom stereocenters. The van der Waals surface area contributed by atoms with E-state index in [9.17, 15) is 9.90 Å². The van der Waals surface area contributed by atoms with Crippen LogP contribution < -0.4 is 10.4 Å². The maximum absolute atomic E-state index is 10.8. The summed E-state index contributed by atoms with van der Waals surface area (Å²) in [6.07, 6.45) is 1.27. The molecule has 0 radical (unpaired) electrons. The number of carboxylic acid groups (broad SMARTS) is 1. The van der Waals surface area contributed by atoms with Crippen LogP contribution in [-0.4, -0.2) is 32.9 Å². The number of carboxylic acids is 1. The molecule has 8 heteroatoms. The fourth-order valence-corrected chi connectivity index (χ4v) is 1.16. The summed E-state index contributed by atoms with van der Waals surface area (Å²) in [7, 11) is 0. The Hall–Kier alpha value is -2.77. The number of carbonyl (C=O) groups excluding carboxylic acids is 1. The lowest BCUT2D eigenvalue weighted by Crippen LogP contribution is -2.23. The van der Waals surface area contributed by atoms with Gasteiger partial charge in [0.25, 0.3) is 5.95 Å². The van der Waals surface area contributed by atoms with Crippen LogP contribution in [0.2, 0.25) is 0 Å². The van der Waals surface area contributed by atoms with E-state index in [1.165, 1.54) is 12.4 Å². The SMILES string of the molecule is O=C([O-])c1ccccc1N/C=N/c1nn[nH]n1. The van der Waals surface area contributed by atoms with Gasteiger partial charge in [-0.2, -0.15) is 10.2 Å². The van der Waals surface area contributed by atoms with Gasteiger partial charge < -0.3 is 15.2 Å². The van der Waals surface area contributed by atoms with Crippen LogP contribution in [0.3, 0.4) is 0 Å². The van der Waals surface area contributed by atoms with E-state index >= 15 is 0 Å². The van der Waals surface area contributed by atoms with Gasteiger partial charge >= 0.3 is 0 Å². The highest BCUT2D eigenvalue weighted by Gasteiger charge is 2.00. The van der Waals surface area contributed by atoms with Crippen molar-refractivity contribution in [2.75, 3.05) is 5.32 Å². The molecule has 1 heterocycles. The lowest BCUT2D eigenvalue weighted by molar-refractivity contribution is -0.254. The highest BCUT2D eigenvalue weighted by molar-refractivity contribution is 5.95. The molecule has 8 nitrogen and oxygen atoms in total. The standard InChI is InChI=1S/C9H8N6O2/c16-8(17)6-3-1-2-4-7(6)10-5-11-9-12-14-15-13-9/h1-5H,(H,16,17)(H2,10,11,12,13,14,15)/p-1. The topological polar surface area (TPSA) is 119 Å². The van der Waals surface area contributed by atoms with Crippen LogP contribution in [-0.2, 0) is 0 Å². The average Bonchev–Trinajstić information content (AvgIpc) is 2.82. The Bertz CT molecular complexity index is 536. The third kappa shape index (κ3) is 2.62. The Morgan fingerprint density at radius 3 is 3.00 bits per heavy atom. The summed E-state index contributed by atoms with van der Waals surface area (Å²) >= 11 is 0. The summed E-state index contributed by atoms with van der Waals surface area (Å²) in [4.78, 5) is 14.6. The van der Waals surface area contributed by atoms with E-state index in [4.69, 9.17) is 0 Å². The van der Waals surface area contributed by atoms with E-state index in [0.29, 0.717) is 5.69 Å². The first-order valence-electron chi connectivity index (χ1n) is 4.60. The van der Waals surface area contributed by atoms with Gasteiger partial charge in [0.15, 0.2) is 0 Å². The van der Waals surface area contributed by atoms with Crippen LogP contribution >= 0.6 is 0 Å². The number of nitrogens with one attached hydrogen (secondary N) is 2. The number of tetrazole rings is 1. The van der Waals surface area contributed by atoms with Gasteiger partial charge in [-0.25, -0.2) is 0 Å². The van der Waals surface area contributed by atoms with Gasteiger partial charge in [0.05, 0.1) is 12.3 Å². The van der Waals surface area contributed by atoms with Crippen molar-refractivity contribution in [2.24, 2.45) is 4.99 Å². The second-order valence-electron chi connectivity index (χ2n) is 2.95. The van der Waals surface area contributed by atoms with Gasteiger partial charge in [0, 0.05) is 11.3 Å². The Morgan fingerprint density at radius 2 is 2.29 bits per heavy atom. The normalized spacial score (nSPS) is 10.6. The summed E-state index contributed by atoms with van der Waals surface area (Å²) < 4.78 is 0. The molecule has 2 aromatic rings. The Kier molecular flexibility index (Phi) is 3.05. The van der Waals surface area contributed by atoms with Crippen LogP contribution in [0, 0.1) is 0 Å².